The maximum Gasteiger partial charge on any atom is 0.141 e. The van der Waals surface area contributed by atoms with Crippen LogP contribution in [0.2, 0.25) is 5.02 Å². The smallest absolute Gasteiger partial charge is 0.141 e. The molecule has 4 heteroatoms. The molecule has 0 aromatic heterocycles. The van der Waals surface area contributed by atoms with Gasteiger partial charge in [0.15, 0.2) is 0 Å². The third kappa shape index (κ3) is 3.54. The fourth-order valence-electron chi connectivity index (χ4n) is 1.09. The molecule has 0 aliphatic heterocycles. The Kier molecular flexibility index (Phi) is 4.39. The first-order valence-electron chi connectivity index (χ1n) is 5.49. The van der Waals surface area contributed by atoms with Crippen molar-refractivity contribution < 1.29 is 9.29 Å². The number of rotatable bonds is 3. The van der Waals surface area contributed by atoms with Gasteiger partial charge in [0.1, 0.15) is 5.75 Å². The highest BCUT2D eigenvalue weighted by Crippen LogP contribution is 2.54. The summed E-state index contributed by atoms with van der Waals surface area (Å²) in [6, 6.07) is 5.34. The van der Waals surface area contributed by atoms with Gasteiger partial charge >= 0.3 is 0 Å². The summed E-state index contributed by atoms with van der Waals surface area (Å²) < 4.78 is 6.18. The zero-order valence-electron chi connectivity index (χ0n) is 11.1. The fourth-order valence-corrected chi connectivity index (χ4v) is 2.10. The molecule has 1 aromatic rings. The molecule has 0 amide bonds. The molecule has 0 bridgehead atoms. The van der Waals surface area contributed by atoms with Crippen LogP contribution in [0.4, 0.5) is 0 Å². The largest absolute Gasteiger partial charge is 0.449 e. The SMILES string of the molecule is CC(C)(C)S(C)(C)Oc1cc(Cl)ccc1CO. The molecule has 0 aliphatic carbocycles. The molecule has 17 heavy (non-hydrogen) atoms. The van der Waals surface area contributed by atoms with Crippen LogP contribution in [0.1, 0.15) is 26.3 Å². The van der Waals surface area contributed by atoms with Gasteiger partial charge in [-0.2, -0.15) is 0 Å². The molecule has 98 valence electrons. The van der Waals surface area contributed by atoms with Crippen molar-refractivity contribution in [1.82, 2.24) is 0 Å². The molecule has 0 aliphatic rings. The number of aliphatic hydroxyl groups is 1. The van der Waals surface area contributed by atoms with E-state index in [1.807, 2.05) is 0 Å². The molecule has 0 saturated heterocycles. The normalized spacial score (nSPS) is 13.6. The summed E-state index contributed by atoms with van der Waals surface area (Å²) >= 11 is 5.96. The third-order valence-corrected chi connectivity index (χ3v) is 6.75. The first-order chi connectivity index (χ1) is 7.67. The first kappa shape index (κ1) is 14.7. The molecule has 0 saturated carbocycles. The van der Waals surface area contributed by atoms with E-state index in [1.165, 1.54) is 0 Å². The predicted octanol–water partition coefficient (Wildman–Crippen LogP) is 3.99. The van der Waals surface area contributed by atoms with Crippen LogP contribution in [0, 0.1) is 0 Å². The predicted molar refractivity (Wildman–Crippen MR) is 77.2 cm³/mol. The Labute approximate surface area is 110 Å². The van der Waals surface area contributed by atoms with Gasteiger partial charge in [-0.15, -0.1) is 0 Å². The summed E-state index contributed by atoms with van der Waals surface area (Å²) in [5.74, 6) is 0.690. The number of hydrogen-bond acceptors (Lipinski definition) is 2. The number of aliphatic hydroxyl groups excluding tert-OH is 1. The van der Waals surface area contributed by atoms with Crippen LogP contribution < -0.4 is 4.18 Å². The summed E-state index contributed by atoms with van der Waals surface area (Å²) in [4.78, 5) is 0. The lowest BCUT2D eigenvalue weighted by Gasteiger charge is -2.44. The van der Waals surface area contributed by atoms with Crippen LogP contribution in [-0.4, -0.2) is 22.4 Å². The molecule has 1 aromatic carbocycles. The second-order valence-corrected chi connectivity index (χ2v) is 9.63. The molecule has 0 radical (unpaired) electrons. The molecule has 1 rings (SSSR count). The Morgan fingerprint density at radius 2 is 1.88 bits per heavy atom. The van der Waals surface area contributed by atoms with E-state index in [4.69, 9.17) is 15.8 Å². The zero-order chi connectivity index (χ0) is 13.3. The molecule has 0 unspecified atom stereocenters. The fraction of sp³-hybridized carbons (Fsp3) is 0.538. The molecule has 0 fully saturated rings. The van der Waals surface area contributed by atoms with Gasteiger partial charge in [-0.1, -0.05) is 28.0 Å². The van der Waals surface area contributed by atoms with Crippen molar-refractivity contribution in [3.8, 4) is 5.75 Å². The highest BCUT2D eigenvalue weighted by atomic mass is 35.5. The van der Waals surface area contributed by atoms with E-state index in [0.717, 1.165) is 5.56 Å². The lowest BCUT2D eigenvalue weighted by molar-refractivity contribution is 0.279. The van der Waals surface area contributed by atoms with E-state index in [9.17, 15) is 5.11 Å². The van der Waals surface area contributed by atoms with Gasteiger partial charge in [-0.3, -0.25) is 0 Å². The van der Waals surface area contributed by atoms with Crippen LogP contribution in [0.5, 0.6) is 5.75 Å². The highest BCUT2D eigenvalue weighted by Gasteiger charge is 2.30. The Balaban J connectivity index is 3.06. The van der Waals surface area contributed by atoms with Crippen LogP contribution in [-0.2, 0) is 6.61 Å². The van der Waals surface area contributed by atoms with Crippen LogP contribution in [0.3, 0.4) is 0 Å². The maximum absolute atomic E-state index is 9.30. The lowest BCUT2D eigenvalue weighted by atomic mass is 10.2. The minimum Gasteiger partial charge on any atom is -0.449 e. The van der Waals surface area contributed by atoms with Crippen molar-refractivity contribution in [3.05, 3.63) is 28.8 Å². The third-order valence-electron chi connectivity index (χ3n) is 2.97. The molecule has 0 heterocycles. The minimum absolute atomic E-state index is 0.0356. The Morgan fingerprint density at radius 1 is 1.29 bits per heavy atom. The Morgan fingerprint density at radius 3 is 2.35 bits per heavy atom. The van der Waals surface area contributed by atoms with E-state index < -0.39 is 10.3 Å². The van der Waals surface area contributed by atoms with Crippen molar-refractivity contribution in [3.63, 3.8) is 0 Å². The van der Waals surface area contributed by atoms with Crippen LogP contribution >= 0.6 is 21.9 Å². The first-order valence-corrected chi connectivity index (χ1v) is 8.24. The van der Waals surface area contributed by atoms with Crippen LogP contribution in [0.15, 0.2) is 18.2 Å². The van der Waals surface area contributed by atoms with Gasteiger partial charge in [0.25, 0.3) is 0 Å². The summed E-state index contributed by atoms with van der Waals surface area (Å²) in [6.45, 7) is 6.44. The van der Waals surface area contributed by atoms with Crippen molar-refractivity contribution in [2.24, 2.45) is 0 Å². The van der Waals surface area contributed by atoms with Crippen molar-refractivity contribution >= 4 is 21.9 Å². The average Bonchev–Trinajstić information content (AvgIpc) is 2.15. The molecular weight excluding hydrogens is 256 g/mol. The van der Waals surface area contributed by atoms with Gasteiger partial charge in [0.05, 0.1) is 6.61 Å². The molecule has 1 N–H and O–H groups in total. The topological polar surface area (TPSA) is 29.5 Å². The van der Waals surface area contributed by atoms with E-state index in [-0.39, 0.29) is 11.4 Å². The monoisotopic (exact) mass is 276 g/mol. The number of benzene rings is 1. The van der Waals surface area contributed by atoms with Gasteiger partial charge < -0.3 is 9.29 Å². The summed E-state index contributed by atoms with van der Waals surface area (Å²) in [6.07, 6.45) is 4.24. The molecule has 0 atom stereocenters. The van der Waals surface area contributed by atoms with Gasteiger partial charge in [0.2, 0.25) is 0 Å². The quantitative estimate of drug-likeness (QED) is 0.905. The molecule has 0 spiro atoms. The van der Waals surface area contributed by atoms with Crippen molar-refractivity contribution in [1.29, 1.82) is 0 Å². The van der Waals surface area contributed by atoms with E-state index >= 15 is 0 Å². The summed E-state index contributed by atoms with van der Waals surface area (Å²) in [5.41, 5.74) is 0.777. The van der Waals surface area contributed by atoms with Crippen LogP contribution in [0.25, 0.3) is 0 Å². The second kappa shape index (κ2) is 5.09. The van der Waals surface area contributed by atoms with E-state index in [1.54, 1.807) is 18.2 Å². The molecule has 2 nitrogen and oxygen atoms in total. The van der Waals surface area contributed by atoms with E-state index in [2.05, 4.69) is 33.3 Å². The van der Waals surface area contributed by atoms with Gasteiger partial charge in [0, 0.05) is 21.4 Å². The van der Waals surface area contributed by atoms with Crippen molar-refractivity contribution in [2.45, 2.75) is 32.1 Å². The average molecular weight is 277 g/mol. The van der Waals surface area contributed by atoms with Crippen molar-refractivity contribution in [2.75, 3.05) is 12.5 Å². The number of halogens is 1. The lowest BCUT2D eigenvalue weighted by Crippen LogP contribution is -2.27. The summed E-state index contributed by atoms with van der Waals surface area (Å²) in [5, 5.41) is 9.92. The Bertz CT molecular complexity index is 397. The molecular formula is C13H21ClO2S. The summed E-state index contributed by atoms with van der Waals surface area (Å²) in [7, 11) is -1.27. The minimum atomic E-state index is -1.27. The van der Waals surface area contributed by atoms with Gasteiger partial charge in [-0.05, 0) is 39.3 Å². The number of hydrogen-bond donors (Lipinski definition) is 1. The van der Waals surface area contributed by atoms with Gasteiger partial charge in [-0.25, -0.2) is 0 Å². The Hall–Kier alpha value is -0.380. The second-order valence-electron chi connectivity index (χ2n) is 5.34. The standard InChI is InChI=1S/C13H21ClO2S/c1-13(2,3)17(4,5)16-12-8-11(14)7-6-10(12)9-15/h6-8,15H,9H2,1-5H3. The van der Waals surface area contributed by atoms with E-state index in [0.29, 0.717) is 10.8 Å². The maximum atomic E-state index is 9.30. The highest BCUT2D eigenvalue weighted by molar-refractivity contribution is 8.30. The zero-order valence-corrected chi connectivity index (χ0v) is 12.7.